The molecule has 0 bridgehead atoms. The van der Waals surface area contributed by atoms with Crippen molar-refractivity contribution in [3.63, 3.8) is 0 Å². The van der Waals surface area contributed by atoms with Gasteiger partial charge in [-0.25, -0.2) is 0 Å². The van der Waals surface area contributed by atoms with Gasteiger partial charge in [0, 0.05) is 19.8 Å². The summed E-state index contributed by atoms with van der Waals surface area (Å²) in [4.78, 5) is 14.3. The van der Waals surface area contributed by atoms with Crippen LogP contribution in [0.2, 0.25) is 0 Å². The van der Waals surface area contributed by atoms with Crippen LogP contribution < -0.4 is 10.6 Å². The SMILES string of the molecule is CN(C)c1nc(N)nc(SCc2ccccc2)n1. The molecular formula is C12H15N5S. The van der Waals surface area contributed by atoms with Gasteiger partial charge >= 0.3 is 0 Å². The monoisotopic (exact) mass is 261 g/mol. The maximum Gasteiger partial charge on any atom is 0.230 e. The van der Waals surface area contributed by atoms with Gasteiger partial charge in [0.15, 0.2) is 5.16 Å². The third kappa shape index (κ3) is 3.33. The van der Waals surface area contributed by atoms with E-state index in [1.54, 1.807) is 11.8 Å². The zero-order valence-electron chi connectivity index (χ0n) is 10.4. The minimum atomic E-state index is 0.254. The van der Waals surface area contributed by atoms with Crippen LogP contribution >= 0.6 is 11.8 Å². The number of hydrogen-bond acceptors (Lipinski definition) is 6. The predicted molar refractivity (Wildman–Crippen MR) is 74.6 cm³/mol. The van der Waals surface area contributed by atoms with Crippen molar-refractivity contribution < 1.29 is 0 Å². The third-order valence-corrected chi connectivity index (χ3v) is 3.15. The Bertz CT molecular complexity index is 515. The van der Waals surface area contributed by atoms with E-state index in [0.29, 0.717) is 11.1 Å². The predicted octanol–water partition coefficient (Wildman–Crippen LogP) is 1.81. The molecule has 0 saturated heterocycles. The van der Waals surface area contributed by atoms with Crippen LogP contribution in [-0.2, 0) is 5.75 Å². The molecule has 2 N–H and O–H groups in total. The molecule has 18 heavy (non-hydrogen) atoms. The van der Waals surface area contributed by atoms with E-state index in [-0.39, 0.29) is 5.95 Å². The highest BCUT2D eigenvalue weighted by molar-refractivity contribution is 7.98. The number of benzene rings is 1. The van der Waals surface area contributed by atoms with E-state index < -0.39 is 0 Å². The van der Waals surface area contributed by atoms with Gasteiger partial charge in [0.05, 0.1) is 0 Å². The summed E-state index contributed by atoms with van der Waals surface area (Å²) in [6.45, 7) is 0. The van der Waals surface area contributed by atoms with Crippen LogP contribution in [0.15, 0.2) is 35.5 Å². The highest BCUT2D eigenvalue weighted by Crippen LogP contribution is 2.20. The van der Waals surface area contributed by atoms with Crippen LogP contribution in [0.4, 0.5) is 11.9 Å². The Morgan fingerprint density at radius 1 is 1.11 bits per heavy atom. The van der Waals surface area contributed by atoms with E-state index in [2.05, 4.69) is 27.1 Å². The molecule has 0 spiro atoms. The van der Waals surface area contributed by atoms with E-state index in [1.165, 1.54) is 5.56 Å². The second-order valence-electron chi connectivity index (χ2n) is 3.94. The Morgan fingerprint density at radius 2 is 1.83 bits per heavy atom. The number of nitrogens with zero attached hydrogens (tertiary/aromatic N) is 4. The van der Waals surface area contributed by atoms with Crippen molar-refractivity contribution in [2.75, 3.05) is 24.7 Å². The molecule has 0 atom stereocenters. The molecule has 0 aliphatic heterocycles. The first-order chi connectivity index (χ1) is 8.65. The van der Waals surface area contributed by atoms with Gasteiger partial charge in [-0.1, -0.05) is 42.1 Å². The minimum Gasteiger partial charge on any atom is -0.368 e. The average molecular weight is 261 g/mol. The number of anilines is 2. The van der Waals surface area contributed by atoms with Crippen LogP contribution in [0.5, 0.6) is 0 Å². The standard InChI is InChI=1S/C12H15N5S/c1-17(2)11-14-10(13)15-12(16-11)18-8-9-6-4-3-5-7-9/h3-7H,8H2,1-2H3,(H2,13,14,15,16). The van der Waals surface area contributed by atoms with Crippen molar-refractivity contribution in [2.45, 2.75) is 10.9 Å². The van der Waals surface area contributed by atoms with Gasteiger partial charge in [0.2, 0.25) is 11.9 Å². The van der Waals surface area contributed by atoms with Gasteiger partial charge in [0.25, 0.3) is 0 Å². The number of aromatic nitrogens is 3. The summed E-state index contributed by atoms with van der Waals surface area (Å²) in [5.41, 5.74) is 6.89. The highest BCUT2D eigenvalue weighted by atomic mass is 32.2. The van der Waals surface area contributed by atoms with Crippen molar-refractivity contribution in [3.05, 3.63) is 35.9 Å². The summed E-state index contributed by atoms with van der Waals surface area (Å²) in [6, 6.07) is 10.2. The Morgan fingerprint density at radius 3 is 2.50 bits per heavy atom. The van der Waals surface area contributed by atoms with E-state index in [4.69, 9.17) is 5.73 Å². The first-order valence-electron chi connectivity index (χ1n) is 5.51. The van der Waals surface area contributed by atoms with Gasteiger partial charge in [0.1, 0.15) is 0 Å². The Balaban J connectivity index is 2.10. The summed E-state index contributed by atoms with van der Waals surface area (Å²) >= 11 is 1.55. The van der Waals surface area contributed by atoms with Crippen LogP contribution in [-0.4, -0.2) is 29.0 Å². The first-order valence-corrected chi connectivity index (χ1v) is 6.49. The summed E-state index contributed by atoms with van der Waals surface area (Å²) in [7, 11) is 3.75. The lowest BCUT2D eigenvalue weighted by Gasteiger charge is -2.10. The smallest absolute Gasteiger partial charge is 0.230 e. The van der Waals surface area contributed by atoms with E-state index in [0.717, 1.165) is 5.75 Å². The fraction of sp³-hybridized carbons (Fsp3) is 0.250. The molecular weight excluding hydrogens is 246 g/mol. The van der Waals surface area contributed by atoms with Gasteiger partial charge in [-0.05, 0) is 5.56 Å². The summed E-state index contributed by atoms with van der Waals surface area (Å²) in [6.07, 6.45) is 0. The molecule has 1 aromatic carbocycles. The molecule has 0 aliphatic rings. The van der Waals surface area contributed by atoms with Crippen LogP contribution in [0.25, 0.3) is 0 Å². The Kier molecular flexibility index (Phi) is 3.99. The molecule has 2 rings (SSSR count). The van der Waals surface area contributed by atoms with Crippen molar-refractivity contribution >= 4 is 23.7 Å². The lowest BCUT2D eigenvalue weighted by molar-refractivity contribution is 0.876. The molecule has 2 aromatic rings. The molecule has 6 heteroatoms. The number of nitrogens with two attached hydrogens (primary N) is 1. The second kappa shape index (κ2) is 5.68. The fourth-order valence-electron chi connectivity index (χ4n) is 1.35. The van der Waals surface area contributed by atoms with Crippen LogP contribution in [0.1, 0.15) is 5.56 Å². The Labute approximate surface area is 110 Å². The molecule has 1 aromatic heterocycles. The lowest BCUT2D eigenvalue weighted by atomic mass is 10.2. The number of nitrogen functional groups attached to an aromatic ring is 1. The van der Waals surface area contributed by atoms with Crippen LogP contribution in [0.3, 0.4) is 0 Å². The largest absolute Gasteiger partial charge is 0.368 e. The average Bonchev–Trinajstić information content (AvgIpc) is 2.37. The molecule has 0 unspecified atom stereocenters. The normalized spacial score (nSPS) is 10.3. The fourth-order valence-corrected chi connectivity index (χ4v) is 2.14. The Hall–Kier alpha value is -1.82. The van der Waals surface area contributed by atoms with Crippen molar-refractivity contribution in [1.82, 2.24) is 15.0 Å². The molecule has 1 heterocycles. The number of rotatable bonds is 4. The maximum absolute atomic E-state index is 5.66. The zero-order chi connectivity index (χ0) is 13.0. The minimum absolute atomic E-state index is 0.254. The zero-order valence-corrected chi connectivity index (χ0v) is 11.2. The van der Waals surface area contributed by atoms with E-state index in [1.807, 2.05) is 37.2 Å². The first kappa shape index (κ1) is 12.6. The number of hydrogen-bond donors (Lipinski definition) is 1. The summed E-state index contributed by atoms with van der Waals surface area (Å²) < 4.78 is 0. The highest BCUT2D eigenvalue weighted by Gasteiger charge is 2.06. The quantitative estimate of drug-likeness (QED) is 0.847. The summed E-state index contributed by atoms with van der Waals surface area (Å²) in [5, 5.41) is 0.648. The molecule has 0 saturated carbocycles. The van der Waals surface area contributed by atoms with Gasteiger partial charge in [-0.15, -0.1) is 0 Å². The van der Waals surface area contributed by atoms with Crippen molar-refractivity contribution in [1.29, 1.82) is 0 Å². The number of thioether (sulfide) groups is 1. The van der Waals surface area contributed by atoms with Crippen molar-refractivity contribution in [2.24, 2.45) is 0 Å². The molecule has 0 amide bonds. The van der Waals surface area contributed by atoms with Gasteiger partial charge in [-0.3, -0.25) is 0 Å². The van der Waals surface area contributed by atoms with Crippen LogP contribution in [0, 0.1) is 0 Å². The topological polar surface area (TPSA) is 67.9 Å². The van der Waals surface area contributed by atoms with Gasteiger partial charge in [-0.2, -0.15) is 15.0 Å². The third-order valence-electron chi connectivity index (χ3n) is 2.23. The molecule has 0 fully saturated rings. The van der Waals surface area contributed by atoms with Crippen molar-refractivity contribution in [3.8, 4) is 0 Å². The summed E-state index contributed by atoms with van der Waals surface area (Å²) in [5.74, 6) is 1.65. The maximum atomic E-state index is 5.66. The second-order valence-corrected chi connectivity index (χ2v) is 4.89. The molecule has 94 valence electrons. The molecule has 5 nitrogen and oxygen atoms in total. The molecule has 0 aliphatic carbocycles. The van der Waals surface area contributed by atoms with E-state index >= 15 is 0 Å². The molecule has 0 radical (unpaired) electrons. The van der Waals surface area contributed by atoms with Gasteiger partial charge < -0.3 is 10.6 Å². The lowest BCUT2D eigenvalue weighted by Crippen LogP contribution is -2.15. The van der Waals surface area contributed by atoms with E-state index in [9.17, 15) is 0 Å².